The van der Waals surface area contributed by atoms with Gasteiger partial charge in [0.25, 0.3) is 0 Å². The quantitative estimate of drug-likeness (QED) is 0.733. The molecule has 0 amide bonds. The Morgan fingerprint density at radius 3 is 2.82 bits per heavy atom. The third kappa shape index (κ3) is 1.94. The minimum Gasteiger partial charge on any atom is -0.391 e. The summed E-state index contributed by atoms with van der Waals surface area (Å²) in [5, 5.41) is 13.7. The summed E-state index contributed by atoms with van der Waals surface area (Å²) < 4.78 is 1.69. The number of nitrogens with zero attached hydrogens (tertiary/aromatic N) is 2. The van der Waals surface area contributed by atoms with E-state index < -0.39 is 0 Å². The first-order valence-corrected chi connectivity index (χ1v) is 3.85. The highest BCUT2D eigenvalue weighted by molar-refractivity contribution is 6.31. The van der Waals surface area contributed by atoms with Crippen LogP contribution in [0.15, 0.2) is 6.20 Å². The van der Waals surface area contributed by atoms with Crippen LogP contribution in [0.25, 0.3) is 0 Å². The van der Waals surface area contributed by atoms with Gasteiger partial charge in [-0.1, -0.05) is 11.6 Å². The van der Waals surface area contributed by atoms with Crippen molar-refractivity contribution in [2.75, 3.05) is 0 Å². The predicted octanol–water partition coefficient (Wildman–Crippen LogP) is 1.23. The summed E-state index contributed by atoms with van der Waals surface area (Å²) in [6.07, 6.45) is 1.20. The molecule has 0 saturated heterocycles. The van der Waals surface area contributed by atoms with E-state index in [0.29, 0.717) is 11.6 Å². The van der Waals surface area contributed by atoms with Gasteiger partial charge in [0, 0.05) is 0 Å². The van der Waals surface area contributed by atoms with Crippen molar-refractivity contribution >= 4 is 11.6 Å². The Morgan fingerprint density at radius 2 is 2.45 bits per heavy atom. The SMILES string of the molecule is Cc1c(Cl)cnn1CC(C)O. The van der Waals surface area contributed by atoms with Crippen molar-refractivity contribution in [1.82, 2.24) is 9.78 Å². The molecule has 11 heavy (non-hydrogen) atoms. The van der Waals surface area contributed by atoms with Gasteiger partial charge in [0.15, 0.2) is 0 Å². The molecule has 0 bridgehead atoms. The largest absolute Gasteiger partial charge is 0.391 e. The predicted molar refractivity (Wildman–Crippen MR) is 43.7 cm³/mol. The molecular weight excluding hydrogens is 164 g/mol. The molecule has 0 aliphatic rings. The lowest BCUT2D eigenvalue weighted by Gasteiger charge is -2.05. The highest BCUT2D eigenvalue weighted by Crippen LogP contribution is 2.13. The second kappa shape index (κ2) is 3.24. The van der Waals surface area contributed by atoms with E-state index in [0.717, 1.165) is 5.69 Å². The van der Waals surface area contributed by atoms with Gasteiger partial charge in [-0.3, -0.25) is 4.68 Å². The number of hydrogen-bond donors (Lipinski definition) is 1. The first-order chi connectivity index (χ1) is 5.11. The lowest BCUT2D eigenvalue weighted by molar-refractivity contribution is 0.167. The van der Waals surface area contributed by atoms with Gasteiger partial charge in [0.2, 0.25) is 0 Å². The van der Waals surface area contributed by atoms with Gasteiger partial charge >= 0.3 is 0 Å². The van der Waals surface area contributed by atoms with E-state index in [1.165, 1.54) is 0 Å². The molecule has 0 spiro atoms. The fraction of sp³-hybridized carbons (Fsp3) is 0.571. The first-order valence-electron chi connectivity index (χ1n) is 3.47. The van der Waals surface area contributed by atoms with Crippen molar-refractivity contribution in [3.8, 4) is 0 Å². The zero-order valence-electron chi connectivity index (χ0n) is 6.58. The maximum absolute atomic E-state index is 9.04. The van der Waals surface area contributed by atoms with E-state index in [2.05, 4.69) is 5.10 Å². The molecule has 1 unspecified atom stereocenters. The monoisotopic (exact) mass is 174 g/mol. The number of aromatic nitrogens is 2. The minimum atomic E-state index is -0.385. The normalized spacial score (nSPS) is 13.5. The minimum absolute atomic E-state index is 0.385. The summed E-state index contributed by atoms with van der Waals surface area (Å²) in [6, 6.07) is 0. The third-order valence-corrected chi connectivity index (χ3v) is 1.85. The van der Waals surface area contributed by atoms with Crippen LogP contribution in [0.1, 0.15) is 12.6 Å². The molecule has 3 nitrogen and oxygen atoms in total. The maximum atomic E-state index is 9.04. The van der Waals surface area contributed by atoms with Crippen LogP contribution in [-0.2, 0) is 6.54 Å². The van der Waals surface area contributed by atoms with Crippen molar-refractivity contribution in [3.05, 3.63) is 16.9 Å². The van der Waals surface area contributed by atoms with E-state index in [4.69, 9.17) is 16.7 Å². The summed E-state index contributed by atoms with van der Waals surface area (Å²) in [6.45, 7) is 4.09. The van der Waals surface area contributed by atoms with Crippen molar-refractivity contribution in [1.29, 1.82) is 0 Å². The Kier molecular flexibility index (Phi) is 2.52. The van der Waals surface area contributed by atoms with Crippen LogP contribution in [0.5, 0.6) is 0 Å². The third-order valence-electron chi connectivity index (χ3n) is 1.48. The second-order valence-corrected chi connectivity index (χ2v) is 3.02. The Labute approximate surface area is 70.6 Å². The van der Waals surface area contributed by atoms with Crippen LogP contribution in [0.3, 0.4) is 0 Å². The van der Waals surface area contributed by atoms with Gasteiger partial charge in [-0.05, 0) is 13.8 Å². The summed E-state index contributed by atoms with van der Waals surface area (Å²) >= 11 is 5.75. The Hall–Kier alpha value is -0.540. The van der Waals surface area contributed by atoms with Crippen LogP contribution >= 0.6 is 11.6 Å². The molecule has 0 fully saturated rings. The van der Waals surface area contributed by atoms with E-state index in [9.17, 15) is 0 Å². The molecule has 0 aromatic carbocycles. The molecule has 0 saturated carbocycles. The van der Waals surface area contributed by atoms with Gasteiger partial charge in [-0.2, -0.15) is 5.10 Å². The standard InChI is InChI=1S/C7H11ClN2O/c1-5(11)4-10-6(2)7(8)3-9-10/h3,5,11H,4H2,1-2H3. The Balaban J connectivity index is 2.79. The van der Waals surface area contributed by atoms with Crippen molar-refractivity contribution in [2.45, 2.75) is 26.5 Å². The number of aliphatic hydroxyl groups is 1. The fourth-order valence-corrected chi connectivity index (χ4v) is 0.999. The van der Waals surface area contributed by atoms with Crippen LogP contribution in [0.2, 0.25) is 5.02 Å². The summed E-state index contributed by atoms with van der Waals surface area (Å²) in [7, 11) is 0. The van der Waals surface area contributed by atoms with Crippen LogP contribution in [-0.4, -0.2) is 21.0 Å². The Morgan fingerprint density at radius 1 is 1.82 bits per heavy atom. The van der Waals surface area contributed by atoms with E-state index in [-0.39, 0.29) is 6.10 Å². The molecule has 1 N–H and O–H groups in total. The lowest BCUT2D eigenvalue weighted by Crippen LogP contribution is -2.13. The van der Waals surface area contributed by atoms with Crippen molar-refractivity contribution in [2.24, 2.45) is 0 Å². The molecular formula is C7H11ClN2O. The van der Waals surface area contributed by atoms with Crippen LogP contribution in [0, 0.1) is 6.92 Å². The van der Waals surface area contributed by atoms with E-state index in [1.54, 1.807) is 17.8 Å². The maximum Gasteiger partial charge on any atom is 0.0814 e. The summed E-state index contributed by atoms with van der Waals surface area (Å²) in [5.41, 5.74) is 0.896. The van der Waals surface area contributed by atoms with Gasteiger partial charge in [0.05, 0.1) is 29.6 Å². The van der Waals surface area contributed by atoms with Gasteiger partial charge in [-0.25, -0.2) is 0 Å². The topological polar surface area (TPSA) is 38.0 Å². The molecule has 1 aromatic heterocycles. The molecule has 1 atom stereocenters. The van der Waals surface area contributed by atoms with Crippen molar-refractivity contribution in [3.63, 3.8) is 0 Å². The molecule has 0 radical (unpaired) electrons. The molecule has 1 aromatic rings. The molecule has 4 heteroatoms. The van der Waals surface area contributed by atoms with Gasteiger partial charge < -0.3 is 5.11 Å². The van der Waals surface area contributed by atoms with Crippen LogP contribution < -0.4 is 0 Å². The molecule has 0 aliphatic carbocycles. The first kappa shape index (κ1) is 8.56. The van der Waals surface area contributed by atoms with Crippen molar-refractivity contribution < 1.29 is 5.11 Å². The second-order valence-electron chi connectivity index (χ2n) is 2.61. The van der Waals surface area contributed by atoms with E-state index >= 15 is 0 Å². The van der Waals surface area contributed by atoms with Crippen LogP contribution in [0.4, 0.5) is 0 Å². The number of halogens is 1. The summed E-state index contributed by atoms with van der Waals surface area (Å²) in [5.74, 6) is 0. The highest BCUT2D eigenvalue weighted by atomic mass is 35.5. The zero-order valence-corrected chi connectivity index (χ0v) is 7.34. The molecule has 0 aliphatic heterocycles. The summed E-state index contributed by atoms with van der Waals surface area (Å²) in [4.78, 5) is 0. The van der Waals surface area contributed by atoms with Gasteiger partial charge in [-0.15, -0.1) is 0 Å². The van der Waals surface area contributed by atoms with Gasteiger partial charge in [0.1, 0.15) is 0 Å². The Bertz CT molecular complexity index is 245. The molecule has 1 rings (SSSR count). The highest BCUT2D eigenvalue weighted by Gasteiger charge is 2.05. The average Bonchev–Trinajstić information content (AvgIpc) is 2.18. The lowest BCUT2D eigenvalue weighted by atomic mass is 10.4. The smallest absolute Gasteiger partial charge is 0.0814 e. The molecule has 62 valence electrons. The number of aliphatic hydroxyl groups excluding tert-OH is 1. The number of hydrogen-bond acceptors (Lipinski definition) is 2. The fourth-order valence-electron chi connectivity index (χ4n) is 0.858. The van der Waals surface area contributed by atoms with E-state index in [1.807, 2.05) is 6.92 Å². The molecule has 1 heterocycles. The zero-order chi connectivity index (χ0) is 8.43. The average molecular weight is 175 g/mol. The number of rotatable bonds is 2.